The third kappa shape index (κ3) is 4.59. The van der Waals surface area contributed by atoms with E-state index in [2.05, 4.69) is 32.5 Å². The molecule has 2 aromatic rings. The standard InChI is InChI=1S/C15H21N5O/c1-3-5-17-14-8-12(7-11(2)20-14)15(21)18-6-4-13-9-16-10-19-13/h7-10H,3-6H2,1-2H3,(H,16,19)(H,17,20)(H,18,21). The number of carbonyl (C=O) groups excluding carboxylic acids is 1. The molecule has 0 atom stereocenters. The number of hydrogen-bond acceptors (Lipinski definition) is 4. The highest BCUT2D eigenvalue weighted by molar-refractivity contribution is 5.95. The molecule has 2 rings (SSSR count). The van der Waals surface area contributed by atoms with Gasteiger partial charge in [0, 0.05) is 42.7 Å². The summed E-state index contributed by atoms with van der Waals surface area (Å²) in [6.07, 6.45) is 5.14. The van der Waals surface area contributed by atoms with Gasteiger partial charge in [0.15, 0.2) is 0 Å². The largest absolute Gasteiger partial charge is 0.370 e. The molecule has 0 saturated heterocycles. The number of nitrogens with zero attached hydrogens (tertiary/aromatic N) is 2. The first-order valence-corrected chi connectivity index (χ1v) is 7.17. The van der Waals surface area contributed by atoms with Gasteiger partial charge in [-0.3, -0.25) is 4.79 Å². The molecule has 2 aromatic heterocycles. The van der Waals surface area contributed by atoms with Gasteiger partial charge in [-0.25, -0.2) is 9.97 Å². The molecule has 0 bridgehead atoms. The molecule has 0 spiro atoms. The molecule has 21 heavy (non-hydrogen) atoms. The molecule has 0 radical (unpaired) electrons. The Bertz CT molecular complexity index is 580. The zero-order valence-corrected chi connectivity index (χ0v) is 12.4. The third-order valence-electron chi connectivity index (χ3n) is 3.01. The minimum Gasteiger partial charge on any atom is -0.370 e. The van der Waals surface area contributed by atoms with E-state index in [9.17, 15) is 4.79 Å². The fourth-order valence-electron chi connectivity index (χ4n) is 1.98. The molecule has 112 valence electrons. The Labute approximate surface area is 124 Å². The van der Waals surface area contributed by atoms with E-state index < -0.39 is 0 Å². The van der Waals surface area contributed by atoms with Crippen molar-refractivity contribution in [2.45, 2.75) is 26.7 Å². The van der Waals surface area contributed by atoms with E-state index in [0.717, 1.165) is 36.6 Å². The van der Waals surface area contributed by atoms with Gasteiger partial charge in [-0.1, -0.05) is 6.92 Å². The molecular weight excluding hydrogens is 266 g/mol. The number of nitrogens with one attached hydrogen (secondary N) is 3. The van der Waals surface area contributed by atoms with Crippen LogP contribution in [-0.2, 0) is 6.42 Å². The lowest BCUT2D eigenvalue weighted by molar-refractivity contribution is 0.0954. The average Bonchev–Trinajstić information content (AvgIpc) is 2.97. The maximum absolute atomic E-state index is 12.2. The number of H-pyrrole nitrogens is 1. The molecule has 0 aromatic carbocycles. The first-order valence-electron chi connectivity index (χ1n) is 7.17. The van der Waals surface area contributed by atoms with E-state index in [1.54, 1.807) is 24.7 Å². The van der Waals surface area contributed by atoms with Gasteiger partial charge in [-0.15, -0.1) is 0 Å². The quantitative estimate of drug-likeness (QED) is 0.726. The zero-order valence-electron chi connectivity index (χ0n) is 12.4. The van der Waals surface area contributed by atoms with Gasteiger partial charge in [0.25, 0.3) is 5.91 Å². The molecule has 0 fully saturated rings. The number of carbonyl (C=O) groups is 1. The van der Waals surface area contributed by atoms with Crippen molar-refractivity contribution < 1.29 is 4.79 Å². The number of rotatable bonds is 7. The van der Waals surface area contributed by atoms with Crippen LogP contribution in [0.1, 0.15) is 35.1 Å². The van der Waals surface area contributed by atoms with Crippen molar-refractivity contribution in [1.82, 2.24) is 20.3 Å². The predicted molar refractivity (Wildman–Crippen MR) is 82.4 cm³/mol. The summed E-state index contributed by atoms with van der Waals surface area (Å²) in [5, 5.41) is 6.11. The summed E-state index contributed by atoms with van der Waals surface area (Å²) in [4.78, 5) is 23.5. The van der Waals surface area contributed by atoms with Crippen molar-refractivity contribution in [2.24, 2.45) is 0 Å². The topological polar surface area (TPSA) is 82.7 Å². The SMILES string of the molecule is CCCNc1cc(C(=O)NCCc2cnc[nH]2)cc(C)n1. The Balaban J connectivity index is 1.93. The molecule has 3 N–H and O–H groups in total. The Morgan fingerprint density at radius 2 is 2.19 bits per heavy atom. The van der Waals surface area contributed by atoms with Gasteiger partial charge in [0.1, 0.15) is 5.82 Å². The van der Waals surface area contributed by atoms with Crippen LogP contribution in [0.4, 0.5) is 5.82 Å². The van der Waals surface area contributed by atoms with Crippen molar-refractivity contribution in [3.05, 3.63) is 41.6 Å². The van der Waals surface area contributed by atoms with Crippen LogP contribution in [0, 0.1) is 6.92 Å². The van der Waals surface area contributed by atoms with Crippen LogP contribution in [0.15, 0.2) is 24.7 Å². The van der Waals surface area contributed by atoms with Crippen molar-refractivity contribution in [3.63, 3.8) is 0 Å². The van der Waals surface area contributed by atoms with Crippen LogP contribution in [0.25, 0.3) is 0 Å². The predicted octanol–water partition coefficient (Wildman–Crippen LogP) is 1.91. The van der Waals surface area contributed by atoms with Crippen LogP contribution in [0.3, 0.4) is 0 Å². The highest BCUT2D eigenvalue weighted by atomic mass is 16.1. The van der Waals surface area contributed by atoms with E-state index in [1.165, 1.54) is 0 Å². The normalized spacial score (nSPS) is 10.4. The van der Waals surface area contributed by atoms with Gasteiger partial charge >= 0.3 is 0 Å². The number of amides is 1. The lowest BCUT2D eigenvalue weighted by atomic mass is 10.2. The summed E-state index contributed by atoms with van der Waals surface area (Å²) < 4.78 is 0. The third-order valence-corrected chi connectivity index (χ3v) is 3.01. The van der Waals surface area contributed by atoms with Crippen LogP contribution < -0.4 is 10.6 Å². The first kappa shape index (κ1) is 15.0. The summed E-state index contributed by atoms with van der Waals surface area (Å²) in [5.74, 6) is 0.662. The fraction of sp³-hybridized carbons (Fsp3) is 0.400. The zero-order chi connectivity index (χ0) is 15.1. The van der Waals surface area contributed by atoms with E-state index in [4.69, 9.17) is 0 Å². The summed E-state index contributed by atoms with van der Waals surface area (Å²) in [6, 6.07) is 3.58. The van der Waals surface area contributed by atoms with Gasteiger partial charge in [0.2, 0.25) is 0 Å². The number of pyridine rings is 1. The Morgan fingerprint density at radius 1 is 1.33 bits per heavy atom. The van der Waals surface area contributed by atoms with Crippen molar-refractivity contribution >= 4 is 11.7 Å². The summed E-state index contributed by atoms with van der Waals surface area (Å²) >= 11 is 0. The lowest BCUT2D eigenvalue weighted by Crippen LogP contribution is -2.26. The van der Waals surface area contributed by atoms with Crippen molar-refractivity contribution in [3.8, 4) is 0 Å². The molecule has 0 unspecified atom stereocenters. The second-order valence-electron chi connectivity index (χ2n) is 4.89. The monoisotopic (exact) mass is 287 g/mol. The Kier molecular flexibility index (Phi) is 5.31. The number of aryl methyl sites for hydroxylation is 1. The number of imidazole rings is 1. The number of anilines is 1. The van der Waals surface area contributed by atoms with Gasteiger partial charge in [-0.05, 0) is 25.5 Å². The van der Waals surface area contributed by atoms with Gasteiger partial charge in [0.05, 0.1) is 6.33 Å². The van der Waals surface area contributed by atoms with Crippen molar-refractivity contribution in [1.29, 1.82) is 0 Å². The molecule has 0 aliphatic rings. The highest BCUT2D eigenvalue weighted by Gasteiger charge is 2.08. The maximum Gasteiger partial charge on any atom is 0.251 e. The molecular formula is C15H21N5O. The number of hydrogen-bond donors (Lipinski definition) is 3. The van der Waals surface area contributed by atoms with E-state index >= 15 is 0 Å². The molecule has 6 nitrogen and oxygen atoms in total. The fourth-order valence-corrected chi connectivity index (χ4v) is 1.98. The van der Waals surface area contributed by atoms with E-state index in [-0.39, 0.29) is 5.91 Å². The Morgan fingerprint density at radius 3 is 2.90 bits per heavy atom. The van der Waals surface area contributed by atoms with Gasteiger partial charge < -0.3 is 15.6 Å². The van der Waals surface area contributed by atoms with Crippen LogP contribution in [-0.4, -0.2) is 33.9 Å². The maximum atomic E-state index is 12.2. The van der Waals surface area contributed by atoms with E-state index in [0.29, 0.717) is 12.1 Å². The lowest BCUT2D eigenvalue weighted by Gasteiger charge is -2.09. The Hall–Kier alpha value is -2.37. The second-order valence-corrected chi connectivity index (χ2v) is 4.89. The van der Waals surface area contributed by atoms with Crippen LogP contribution >= 0.6 is 0 Å². The molecule has 0 aliphatic heterocycles. The average molecular weight is 287 g/mol. The first-order chi connectivity index (χ1) is 10.2. The molecule has 0 aliphatic carbocycles. The number of aromatic amines is 1. The molecule has 0 saturated carbocycles. The molecule has 2 heterocycles. The molecule has 6 heteroatoms. The number of aromatic nitrogens is 3. The van der Waals surface area contributed by atoms with E-state index in [1.807, 2.05) is 6.92 Å². The van der Waals surface area contributed by atoms with Crippen molar-refractivity contribution in [2.75, 3.05) is 18.4 Å². The highest BCUT2D eigenvalue weighted by Crippen LogP contribution is 2.10. The van der Waals surface area contributed by atoms with Crippen LogP contribution in [0.5, 0.6) is 0 Å². The van der Waals surface area contributed by atoms with Crippen LogP contribution in [0.2, 0.25) is 0 Å². The smallest absolute Gasteiger partial charge is 0.251 e. The second kappa shape index (κ2) is 7.42. The minimum absolute atomic E-state index is 0.0837. The minimum atomic E-state index is -0.0837. The summed E-state index contributed by atoms with van der Waals surface area (Å²) in [5.41, 5.74) is 2.46. The summed E-state index contributed by atoms with van der Waals surface area (Å²) in [6.45, 7) is 5.39. The van der Waals surface area contributed by atoms with Gasteiger partial charge in [-0.2, -0.15) is 0 Å². The summed E-state index contributed by atoms with van der Waals surface area (Å²) in [7, 11) is 0. The molecule has 1 amide bonds.